The van der Waals surface area contributed by atoms with E-state index in [2.05, 4.69) is 25.0 Å². The first-order chi connectivity index (χ1) is 11.7. The Bertz CT molecular complexity index is 869. The molecule has 4 heterocycles. The van der Waals surface area contributed by atoms with Crippen molar-refractivity contribution in [3.63, 3.8) is 0 Å². The third-order valence-electron chi connectivity index (χ3n) is 4.10. The number of piperidine rings is 1. The molecule has 0 N–H and O–H groups in total. The minimum absolute atomic E-state index is 0.0401. The van der Waals surface area contributed by atoms with Crippen molar-refractivity contribution in [3.8, 4) is 5.88 Å². The lowest BCUT2D eigenvalue weighted by atomic mass is 10.1. The molecule has 1 saturated heterocycles. The molecule has 0 radical (unpaired) electrons. The van der Waals surface area contributed by atoms with Crippen molar-refractivity contribution in [2.24, 2.45) is 0 Å². The zero-order chi connectivity index (χ0) is 16.5. The van der Waals surface area contributed by atoms with Gasteiger partial charge in [-0.25, -0.2) is 14.4 Å². The fourth-order valence-electron chi connectivity index (χ4n) is 2.99. The predicted octanol–water partition coefficient (Wildman–Crippen LogP) is 2.51. The number of rotatable bonds is 3. The third kappa shape index (κ3) is 2.64. The molecular formula is C16H16FN5O2. The number of nitrogens with zero attached hydrogens (tertiary/aromatic N) is 5. The van der Waals surface area contributed by atoms with Crippen LogP contribution in [0.3, 0.4) is 0 Å². The van der Waals surface area contributed by atoms with Crippen LogP contribution in [0, 0.1) is 12.7 Å². The van der Waals surface area contributed by atoms with Gasteiger partial charge >= 0.3 is 0 Å². The Labute approximate surface area is 137 Å². The number of halogens is 1. The van der Waals surface area contributed by atoms with Crippen molar-refractivity contribution < 1.29 is 13.7 Å². The van der Waals surface area contributed by atoms with Gasteiger partial charge in [0.15, 0.2) is 5.82 Å². The van der Waals surface area contributed by atoms with E-state index in [0.717, 1.165) is 36.3 Å². The van der Waals surface area contributed by atoms with Gasteiger partial charge in [0, 0.05) is 12.7 Å². The van der Waals surface area contributed by atoms with Crippen LogP contribution < -0.4 is 9.64 Å². The molecule has 3 aromatic heterocycles. The lowest BCUT2D eigenvalue weighted by Crippen LogP contribution is -2.42. The monoisotopic (exact) mass is 329 g/mol. The summed E-state index contributed by atoms with van der Waals surface area (Å²) in [4.78, 5) is 14.6. The zero-order valence-corrected chi connectivity index (χ0v) is 13.1. The van der Waals surface area contributed by atoms with Crippen molar-refractivity contribution >= 4 is 16.9 Å². The fraction of sp³-hybridized carbons (Fsp3) is 0.375. The van der Waals surface area contributed by atoms with Crippen LogP contribution >= 0.6 is 0 Å². The van der Waals surface area contributed by atoms with Crippen LogP contribution in [0.1, 0.15) is 18.5 Å². The molecule has 1 aliphatic heterocycles. The molecule has 3 aromatic rings. The number of pyridine rings is 1. The van der Waals surface area contributed by atoms with Gasteiger partial charge in [-0.15, -0.1) is 0 Å². The molecule has 8 heteroatoms. The van der Waals surface area contributed by atoms with Crippen LogP contribution in [0.5, 0.6) is 5.88 Å². The Morgan fingerprint density at radius 3 is 3.12 bits per heavy atom. The van der Waals surface area contributed by atoms with Crippen LogP contribution in [-0.2, 0) is 0 Å². The van der Waals surface area contributed by atoms with Gasteiger partial charge in [-0.1, -0.05) is 5.16 Å². The molecule has 24 heavy (non-hydrogen) atoms. The molecule has 0 aliphatic carbocycles. The Morgan fingerprint density at radius 1 is 1.33 bits per heavy atom. The lowest BCUT2D eigenvalue weighted by molar-refractivity contribution is 0.164. The second-order valence-electron chi connectivity index (χ2n) is 5.76. The predicted molar refractivity (Wildman–Crippen MR) is 84.4 cm³/mol. The van der Waals surface area contributed by atoms with Crippen LogP contribution in [0.2, 0.25) is 0 Å². The maximum atomic E-state index is 13.7. The second kappa shape index (κ2) is 6.03. The number of anilines is 1. The van der Waals surface area contributed by atoms with Crippen LogP contribution in [-0.4, -0.2) is 39.3 Å². The minimum atomic E-state index is -0.450. The summed E-state index contributed by atoms with van der Waals surface area (Å²) in [6.07, 6.45) is 4.57. The summed E-state index contributed by atoms with van der Waals surface area (Å²) >= 11 is 0. The van der Waals surface area contributed by atoms with E-state index < -0.39 is 5.82 Å². The molecule has 4 rings (SSSR count). The number of aryl methyl sites for hydroxylation is 1. The van der Waals surface area contributed by atoms with Crippen molar-refractivity contribution in [1.82, 2.24) is 20.1 Å². The fourth-order valence-corrected chi connectivity index (χ4v) is 2.99. The van der Waals surface area contributed by atoms with Gasteiger partial charge in [0.05, 0.1) is 12.2 Å². The molecule has 1 fully saturated rings. The second-order valence-corrected chi connectivity index (χ2v) is 5.76. The largest absolute Gasteiger partial charge is 0.470 e. The highest BCUT2D eigenvalue weighted by Crippen LogP contribution is 2.29. The Hall–Kier alpha value is -2.77. The van der Waals surface area contributed by atoms with E-state index in [4.69, 9.17) is 9.26 Å². The summed E-state index contributed by atoms with van der Waals surface area (Å²) in [6.45, 7) is 3.29. The van der Waals surface area contributed by atoms with E-state index in [1.807, 2.05) is 6.92 Å². The molecule has 1 aliphatic rings. The van der Waals surface area contributed by atoms with Gasteiger partial charge in [-0.05, 0) is 31.9 Å². The van der Waals surface area contributed by atoms with E-state index in [1.165, 1.54) is 18.6 Å². The van der Waals surface area contributed by atoms with Crippen LogP contribution in [0.25, 0.3) is 11.1 Å². The third-order valence-corrected chi connectivity index (χ3v) is 4.10. The number of ether oxygens (including phenoxy) is 1. The zero-order valence-electron chi connectivity index (χ0n) is 13.1. The van der Waals surface area contributed by atoms with Crippen LogP contribution in [0.4, 0.5) is 10.2 Å². The van der Waals surface area contributed by atoms with Gasteiger partial charge in [0.2, 0.25) is 0 Å². The summed E-state index contributed by atoms with van der Waals surface area (Å²) in [5.74, 6) is 0.362. The average Bonchev–Trinajstić information content (AvgIpc) is 2.99. The standard InChI is InChI=1S/C16H16FN5O2/c1-10-13-14(19-9-20-16(13)24-21-10)22-7-3-4-11(8-22)23-15-12(17)5-2-6-18-15/h2,5-6,9,11H,3-4,7-8H2,1H3. The molecule has 124 valence electrons. The lowest BCUT2D eigenvalue weighted by Gasteiger charge is -2.33. The smallest absolute Gasteiger partial charge is 0.263 e. The number of hydrogen-bond acceptors (Lipinski definition) is 7. The quantitative estimate of drug-likeness (QED) is 0.730. The highest BCUT2D eigenvalue weighted by atomic mass is 19.1. The highest BCUT2D eigenvalue weighted by Gasteiger charge is 2.26. The molecule has 0 bridgehead atoms. The Balaban J connectivity index is 1.58. The average molecular weight is 329 g/mol. The molecule has 0 spiro atoms. The molecule has 0 aromatic carbocycles. The molecule has 1 atom stereocenters. The maximum Gasteiger partial charge on any atom is 0.263 e. The molecule has 1 unspecified atom stereocenters. The highest BCUT2D eigenvalue weighted by molar-refractivity contribution is 5.87. The number of aromatic nitrogens is 4. The number of hydrogen-bond donors (Lipinski definition) is 0. The molecule has 0 saturated carbocycles. The SMILES string of the molecule is Cc1noc2ncnc(N3CCCC(Oc4ncccc4F)C3)c12. The first kappa shape index (κ1) is 14.8. The van der Waals surface area contributed by atoms with E-state index in [0.29, 0.717) is 12.3 Å². The summed E-state index contributed by atoms with van der Waals surface area (Å²) in [5, 5.41) is 4.76. The first-order valence-corrected chi connectivity index (χ1v) is 7.81. The van der Waals surface area contributed by atoms with Crippen LogP contribution in [0.15, 0.2) is 29.2 Å². The van der Waals surface area contributed by atoms with Gasteiger partial charge in [-0.2, -0.15) is 4.98 Å². The Kier molecular flexibility index (Phi) is 3.72. The number of fused-ring (bicyclic) bond motifs is 1. The van der Waals surface area contributed by atoms with Gasteiger partial charge in [-0.3, -0.25) is 0 Å². The van der Waals surface area contributed by atoms with Crippen molar-refractivity contribution in [2.45, 2.75) is 25.9 Å². The van der Waals surface area contributed by atoms with Crippen molar-refractivity contribution in [2.75, 3.05) is 18.0 Å². The van der Waals surface area contributed by atoms with Crippen molar-refractivity contribution in [1.29, 1.82) is 0 Å². The topological polar surface area (TPSA) is 77.2 Å². The summed E-state index contributed by atoms with van der Waals surface area (Å²) < 4.78 is 24.7. The maximum absolute atomic E-state index is 13.7. The first-order valence-electron chi connectivity index (χ1n) is 7.81. The summed E-state index contributed by atoms with van der Waals surface area (Å²) in [6, 6.07) is 2.89. The normalized spacial score (nSPS) is 18.1. The molecule has 0 amide bonds. The van der Waals surface area contributed by atoms with Gasteiger partial charge in [0.25, 0.3) is 11.6 Å². The van der Waals surface area contributed by atoms with Gasteiger partial charge < -0.3 is 14.2 Å². The van der Waals surface area contributed by atoms with Crippen molar-refractivity contribution in [3.05, 3.63) is 36.2 Å². The molecule has 7 nitrogen and oxygen atoms in total. The summed E-state index contributed by atoms with van der Waals surface area (Å²) in [5.41, 5.74) is 1.22. The van der Waals surface area contributed by atoms with E-state index in [1.54, 1.807) is 6.07 Å². The molecular weight excluding hydrogens is 313 g/mol. The van der Waals surface area contributed by atoms with E-state index in [-0.39, 0.29) is 12.0 Å². The minimum Gasteiger partial charge on any atom is -0.470 e. The summed E-state index contributed by atoms with van der Waals surface area (Å²) in [7, 11) is 0. The Morgan fingerprint density at radius 2 is 2.25 bits per heavy atom. The van der Waals surface area contributed by atoms with E-state index >= 15 is 0 Å². The van der Waals surface area contributed by atoms with Gasteiger partial charge in [0.1, 0.15) is 23.6 Å². The van der Waals surface area contributed by atoms with E-state index in [9.17, 15) is 4.39 Å².